The Kier molecular flexibility index (Phi) is 3.67. The molecule has 0 spiro atoms. The van der Waals surface area contributed by atoms with E-state index in [1.165, 1.54) is 5.56 Å². The van der Waals surface area contributed by atoms with Gasteiger partial charge in [0, 0.05) is 18.1 Å². The van der Waals surface area contributed by atoms with E-state index in [4.69, 9.17) is 16.6 Å². The fourth-order valence-electron chi connectivity index (χ4n) is 2.59. The monoisotopic (exact) mass is 334 g/mol. The molecule has 4 aromatic rings. The molecular formula is C19H15ClN4. The van der Waals surface area contributed by atoms with Crippen LogP contribution in [0.2, 0.25) is 5.02 Å². The first-order valence-corrected chi connectivity index (χ1v) is 8.01. The van der Waals surface area contributed by atoms with E-state index in [0.29, 0.717) is 5.02 Å². The molecule has 0 saturated heterocycles. The number of nitrogens with zero attached hydrogens (tertiary/aromatic N) is 3. The normalized spacial score (nSPS) is 10.9. The molecule has 0 atom stereocenters. The molecule has 3 aromatic heterocycles. The van der Waals surface area contributed by atoms with Crippen LogP contribution in [-0.4, -0.2) is 14.4 Å². The van der Waals surface area contributed by atoms with Crippen molar-refractivity contribution in [2.45, 2.75) is 6.92 Å². The van der Waals surface area contributed by atoms with E-state index >= 15 is 0 Å². The van der Waals surface area contributed by atoms with E-state index in [2.05, 4.69) is 29.4 Å². The minimum atomic E-state index is 0.652. The topological polar surface area (TPSA) is 42.2 Å². The third-order valence-corrected chi connectivity index (χ3v) is 4.03. The number of imidazole rings is 1. The fraction of sp³-hybridized carbons (Fsp3) is 0.0526. The van der Waals surface area contributed by atoms with E-state index in [0.717, 1.165) is 28.5 Å². The van der Waals surface area contributed by atoms with Crippen LogP contribution in [0.15, 0.2) is 67.0 Å². The Morgan fingerprint density at radius 3 is 2.58 bits per heavy atom. The zero-order valence-electron chi connectivity index (χ0n) is 13.1. The SMILES string of the molecule is Cc1ccc(Nc2c(-c3ccccn3)nc3ccc(Cl)cn23)cc1. The lowest BCUT2D eigenvalue weighted by molar-refractivity contribution is 1.18. The highest BCUT2D eigenvalue weighted by molar-refractivity contribution is 6.30. The van der Waals surface area contributed by atoms with Gasteiger partial charge in [0.1, 0.15) is 17.2 Å². The fourth-order valence-corrected chi connectivity index (χ4v) is 2.75. The number of nitrogens with one attached hydrogen (secondary N) is 1. The summed E-state index contributed by atoms with van der Waals surface area (Å²) >= 11 is 6.18. The minimum absolute atomic E-state index is 0.652. The average Bonchev–Trinajstić information content (AvgIpc) is 2.95. The van der Waals surface area contributed by atoms with Crippen molar-refractivity contribution < 1.29 is 0 Å². The Hall–Kier alpha value is -2.85. The molecular weight excluding hydrogens is 320 g/mol. The molecule has 0 fully saturated rings. The third kappa shape index (κ3) is 2.72. The molecule has 0 aliphatic rings. The lowest BCUT2D eigenvalue weighted by Gasteiger charge is -2.09. The molecule has 0 aliphatic carbocycles. The Labute approximate surface area is 144 Å². The summed E-state index contributed by atoms with van der Waals surface area (Å²) in [5.41, 5.74) is 4.62. The van der Waals surface area contributed by atoms with Crippen LogP contribution in [0.1, 0.15) is 5.56 Å². The van der Waals surface area contributed by atoms with Gasteiger partial charge in [-0.05, 0) is 43.3 Å². The van der Waals surface area contributed by atoms with Gasteiger partial charge in [0.25, 0.3) is 0 Å². The zero-order chi connectivity index (χ0) is 16.5. The minimum Gasteiger partial charge on any atom is -0.339 e. The van der Waals surface area contributed by atoms with Gasteiger partial charge in [-0.25, -0.2) is 4.98 Å². The van der Waals surface area contributed by atoms with E-state index in [-0.39, 0.29) is 0 Å². The van der Waals surface area contributed by atoms with Crippen molar-refractivity contribution in [1.29, 1.82) is 0 Å². The molecule has 118 valence electrons. The van der Waals surface area contributed by atoms with Gasteiger partial charge in [-0.15, -0.1) is 0 Å². The number of fused-ring (bicyclic) bond motifs is 1. The van der Waals surface area contributed by atoms with Crippen LogP contribution in [0.5, 0.6) is 0 Å². The van der Waals surface area contributed by atoms with Crippen molar-refractivity contribution in [2.75, 3.05) is 5.32 Å². The first kappa shape index (κ1) is 14.7. The van der Waals surface area contributed by atoms with Gasteiger partial charge in [-0.3, -0.25) is 9.38 Å². The highest BCUT2D eigenvalue weighted by Gasteiger charge is 2.15. The third-order valence-electron chi connectivity index (χ3n) is 3.80. The van der Waals surface area contributed by atoms with E-state index in [1.54, 1.807) is 6.20 Å². The number of benzene rings is 1. The second kappa shape index (κ2) is 5.98. The molecule has 0 saturated carbocycles. The van der Waals surface area contributed by atoms with Gasteiger partial charge < -0.3 is 5.32 Å². The lowest BCUT2D eigenvalue weighted by Crippen LogP contribution is -1.97. The lowest BCUT2D eigenvalue weighted by atomic mass is 10.2. The van der Waals surface area contributed by atoms with Crippen LogP contribution in [0.3, 0.4) is 0 Å². The summed E-state index contributed by atoms with van der Waals surface area (Å²) in [6.07, 6.45) is 3.62. The predicted molar refractivity (Wildman–Crippen MR) is 97.9 cm³/mol. The van der Waals surface area contributed by atoms with E-state index < -0.39 is 0 Å². The number of hydrogen-bond acceptors (Lipinski definition) is 3. The molecule has 4 rings (SSSR count). The summed E-state index contributed by atoms with van der Waals surface area (Å²) in [4.78, 5) is 9.15. The summed E-state index contributed by atoms with van der Waals surface area (Å²) in [7, 11) is 0. The maximum atomic E-state index is 6.18. The molecule has 0 unspecified atom stereocenters. The number of rotatable bonds is 3. The van der Waals surface area contributed by atoms with Gasteiger partial charge in [-0.2, -0.15) is 0 Å². The molecule has 24 heavy (non-hydrogen) atoms. The second-order valence-corrected chi connectivity index (χ2v) is 6.03. The summed E-state index contributed by atoms with van der Waals surface area (Å²) in [6.45, 7) is 2.07. The Morgan fingerprint density at radius 2 is 1.83 bits per heavy atom. The van der Waals surface area contributed by atoms with Crippen molar-refractivity contribution in [3.63, 3.8) is 0 Å². The first-order valence-electron chi connectivity index (χ1n) is 7.63. The van der Waals surface area contributed by atoms with Crippen molar-refractivity contribution >= 4 is 28.8 Å². The highest BCUT2D eigenvalue weighted by atomic mass is 35.5. The molecule has 0 bridgehead atoms. The second-order valence-electron chi connectivity index (χ2n) is 5.59. The van der Waals surface area contributed by atoms with E-state index in [9.17, 15) is 0 Å². The van der Waals surface area contributed by atoms with Gasteiger partial charge in [0.05, 0.1) is 10.7 Å². The standard InChI is InChI=1S/C19H15ClN4/c1-13-5-8-15(9-6-13)22-19-18(16-4-2-3-11-21-16)23-17-10-7-14(20)12-24(17)19/h2-12,22H,1H3. The quantitative estimate of drug-likeness (QED) is 0.566. The summed E-state index contributed by atoms with van der Waals surface area (Å²) < 4.78 is 1.95. The van der Waals surface area contributed by atoms with Crippen LogP contribution < -0.4 is 5.32 Å². The van der Waals surface area contributed by atoms with Crippen LogP contribution in [0.4, 0.5) is 11.5 Å². The molecule has 3 heterocycles. The Bertz CT molecular complexity index is 991. The zero-order valence-corrected chi connectivity index (χ0v) is 13.8. The van der Waals surface area contributed by atoms with Gasteiger partial charge >= 0.3 is 0 Å². The summed E-state index contributed by atoms with van der Waals surface area (Å²) in [6, 6.07) is 17.7. The van der Waals surface area contributed by atoms with Crippen LogP contribution in [-0.2, 0) is 0 Å². The number of hydrogen-bond donors (Lipinski definition) is 1. The van der Waals surface area contributed by atoms with Crippen molar-refractivity contribution in [1.82, 2.24) is 14.4 Å². The van der Waals surface area contributed by atoms with Gasteiger partial charge in [0.15, 0.2) is 0 Å². The number of halogens is 1. The largest absolute Gasteiger partial charge is 0.339 e. The molecule has 0 radical (unpaired) electrons. The number of anilines is 2. The van der Waals surface area contributed by atoms with Crippen LogP contribution in [0.25, 0.3) is 17.0 Å². The molecule has 5 heteroatoms. The maximum absolute atomic E-state index is 6.18. The van der Waals surface area contributed by atoms with E-state index in [1.807, 2.05) is 53.1 Å². The first-order chi connectivity index (χ1) is 11.7. The maximum Gasteiger partial charge on any atom is 0.144 e. The molecule has 4 nitrogen and oxygen atoms in total. The molecule has 1 aromatic carbocycles. The van der Waals surface area contributed by atoms with Crippen molar-refractivity contribution in [2.24, 2.45) is 0 Å². The van der Waals surface area contributed by atoms with Gasteiger partial charge in [0.2, 0.25) is 0 Å². The predicted octanol–water partition coefficient (Wildman–Crippen LogP) is 5.10. The molecule has 1 N–H and O–H groups in total. The average molecular weight is 335 g/mol. The summed E-state index contributed by atoms with van der Waals surface area (Å²) in [5.74, 6) is 0.843. The van der Waals surface area contributed by atoms with Crippen LogP contribution in [0, 0.1) is 6.92 Å². The number of aromatic nitrogens is 3. The molecule has 0 amide bonds. The summed E-state index contributed by atoms with van der Waals surface area (Å²) in [5, 5.41) is 4.10. The Balaban J connectivity index is 1.90. The van der Waals surface area contributed by atoms with Crippen molar-refractivity contribution in [3.8, 4) is 11.4 Å². The molecule has 0 aliphatic heterocycles. The highest BCUT2D eigenvalue weighted by Crippen LogP contribution is 2.30. The Morgan fingerprint density at radius 1 is 1.00 bits per heavy atom. The van der Waals surface area contributed by atoms with Gasteiger partial charge in [-0.1, -0.05) is 35.4 Å². The number of pyridine rings is 2. The van der Waals surface area contributed by atoms with Crippen LogP contribution >= 0.6 is 11.6 Å². The van der Waals surface area contributed by atoms with Crippen molar-refractivity contribution in [3.05, 3.63) is 77.6 Å². The number of aryl methyl sites for hydroxylation is 1. The smallest absolute Gasteiger partial charge is 0.144 e.